The van der Waals surface area contributed by atoms with Crippen molar-refractivity contribution in [1.82, 2.24) is 14.9 Å². The molecule has 94 valence electrons. The molecule has 0 saturated carbocycles. The molecule has 4 nitrogen and oxygen atoms in total. The number of thiophene rings is 1. The van der Waals surface area contributed by atoms with Gasteiger partial charge in [-0.3, -0.25) is 4.79 Å². The SMILES string of the molecule is O=C1NCCn2c(-c3cccs3)nc3cccc1c32. The smallest absolute Gasteiger partial charge is 0.253 e. The Kier molecular flexibility index (Phi) is 2.22. The number of nitrogens with one attached hydrogen (secondary N) is 1. The summed E-state index contributed by atoms with van der Waals surface area (Å²) in [5.74, 6) is 0.941. The number of para-hydroxylation sites is 1. The molecule has 0 spiro atoms. The largest absolute Gasteiger partial charge is 0.350 e. The van der Waals surface area contributed by atoms with Crippen LogP contribution in [-0.4, -0.2) is 22.0 Å². The Labute approximate surface area is 113 Å². The molecule has 0 atom stereocenters. The zero-order chi connectivity index (χ0) is 12.8. The number of aromatic nitrogens is 2. The average molecular weight is 269 g/mol. The molecule has 0 aliphatic carbocycles. The van der Waals surface area contributed by atoms with E-state index in [4.69, 9.17) is 4.98 Å². The van der Waals surface area contributed by atoms with E-state index in [1.807, 2.05) is 29.6 Å². The molecule has 19 heavy (non-hydrogen) atoms. The molecule has 0 unspecified atom stereocenters. The highest BCUT2D eigenvalue weighted by Crippen LogP contribution is 2.30. The van der Waals surface area contributed by atoms with Crippen LogP contribution in [0.25, 0.3) is 21.7 Å². The number of hydrogen-bond donors (Lipinski definition) is 1. The van der Waals surface area contributed by atoms with Gasteiger partial charge in [0.15, 0.2) is 5.82 Å². The number of benzene rings is 1. The maximum atomic E-state index is 12.0. The van der Waals surface area contributed by atoms with Gasteiger partial charge in [-0.2, -0.15) is 0 Å². The minimum Gasteiger partial charge on any atom is -0.350 e. The molecule has 0 saturated heterocycles. The summed E-state index contributed by atoms with van der Waals surface area (Å²) in [5, 5.41) is 4.97. The maximum absolute atomic E-state index is 12.0. The predicted molar refractivity (Wildman–Crippen MR) is 75.4 cm³/mol. The minimum atomic E-state index is -0.0121. The van der Waals surface area contributed by atoms with Crippen LogP contribution in [0.4, 0.5) is 0 Å². The van der Waals surface area contributed by atoms with Gasteiger partial charge in [0, 0.05) is 13.1 Å². The summed E-state index contributed by atoms with van der Waals surface area (Å²) in [5.41, 5.74) is 2.55. The number of carbonyl (C=O) groups is 1. The Morgan fingerprint density at radius 3 is 3.05 bits per heavy atom. The summed E-state index contributed by atoms with van der Waals surface area (Å²) in [6.45, 7) is 1.39. The summed E-state index contributed by atoms with van der Waals surface area (Å²) in [4.78, 5) is 17.9. The van der Waals surface area contributed by atoms with Crippen LogP contribution < -0.4 is 5.32 Å². The van der Waals surface area contributed by atoms with E-state index in [-0.39, 0.29) is 5.91 Å². The van der Waals surface area contributed by atoms with Crippen LogP contribution in [0.2, 0.25) is 0 Å². The standard InChI is InChI=1S/C14H11N3OS/c18-14-9-3-1-4-10-12(9)17(7-6-15-14)13(16-10)11-5-2-8-19-11/h1-5,8H,6-7H2,(H,15,18). The van der Waals surface area contributed by atoms with E-state index in [0.29, 0.717) is 12.1 Å². The van der Waals surface area contributed by atoms with Gasteiger partial charge in [0.05, 0.1) is 21.5 Å². The lowest BCUT2D eigenvalue weighted by Gasteiger charge is -2.04. The molecule has 1 N–H and O–H groups in total. The Morgan fingerprint density at radius 1 is 1.26 bits per heavy atom. The Bertz CT molecular complexity index is 773. The van der Waals surface area contributed by atoms with Gasteiger partial charge in [0.25, 0.3) is 5.91 Å². The van der Waals surface area contributed by atoms with Crippen LogP contribution in [0.15, 0.2) is 35.7 Å². The number of hydrogen-bond acceptors (Lipinski definition) is 3. The summed E-state index contributed by atoms with van der Waals surface area (Å²) in [6.07, 6.45) is 0. The fraction of sp³-hybridized carbons (Fsp3) is 0.143. The van der Waals surface area contributed by atoms with E-state index in [1.165, 1.54) is 0 Å². The van der Waals surface area contributed by atoms with E-state index >= 15 is 0 Å². The molecule has 0 bridgehead atoms. The lowest BCUT2D eigenvalue weighted by Crippen LogP contribution is -2.24. The first-order valence-corrected chi connectivity index (χ1v) is 7.04. The molecule has 1 aliphatic rings. The van der Waals surface area contributed by atoms with Crippen LogP contribution in [0.5, 0.6) is 0 Å². The zero-order valence-electron chi connectivity index (χ0n) is 10.1. The van der Waals surface area contributed by atoms with Crippen LogP contribution in [-0.2, 0) is 6.54 Å². The van der Waals surface area contributed by atoms with Crippen molar-refractivity contribution >= 4 is 28.3 Å². The van der Waals surface area contributed by atoms with Gasteiger partial charge in [-0.15, -0.1) is 11.3 Å². The van der Waals surface area contributed by atoms with E-state index < -0.39 is 0 Å². The lowest BCUT2D eigenvalue weighted by atomic mass is 10.2. The Balaban J connectivity index is 2.10. The first-order chi connectivity index (χ1) is 9.34. The van der Waals surface area contributed by atoms with Gasteiger partial charge in [0.2, 0.25) is 0 Å². The molecular weight excluding hydrogens is 258 g/mol. The number of carbonyl (C=O) groups excluding carboxylic acids is 1. The summed E-state index contributed by atoms with van der Waals surface area (Å²) in [7, 11) is 0. The molecule has 3 heterocycles. The second kappa shape index (κ2) is 3.93. The van der Waals surface area contributed by atoms with Gasteiger partial charge < -0.3 is 9.88 Å². The second-order valence-electron chi connectivity index (χ2n) is 4.49. The van der Waals surface area contributed by atoms with Gasteiger partial charge in [-0.1, -0.05) is 12.1 Å². The molecule has 0 radical (unpaired) electrons. The minimum absolute atomic E-state index is 0.0121. The molecule has 0 fully saturated rings. The second-order valence-corrected chi connectivity index (χ2v) is 5.44. The fourth-order valence-corrected chi connectivity index (χ4v) is 3.28. The van der Waals surface area contributed by atoms with E-state index in [9.17, 15) is 4.79 Å². The molecule has 1 aliphatic heterocycles. The highest BCUT2D eigenvalue weighted by atomic mass is 32.1. The van der Waals surface area contributed by atoms with Gasteiger partial charge in [-0.25, -0.2) is 4.98 Å². The van der Waals surface area contributed by atoms with Crippen molar-refractivity contribution in [2.45, 2.75) is 6.54 Å². The van der Waals surface area contributed by atoms with Crippen molar-refractivity contribution in [3.8, 4) is 10.7 Å². The Morgan fingerprint density at radius 2 is 2.21 bits per heavy atom. The molecule has 1 aromatic carbocycles. The molecule has 4 rings (SSSR count). The van der Waals surface area contributed by atoms with Crippen LogP contribution in [0.1, 0.15) is 10.4 Å². The molecule has 3 aromatic rings. The van der Waals surface area contributed by atoms with E-state index in [0.717, 1.165) is 28.3 Å². The highest BCUT2D eigenvalue weighted by Gasteiger charge is 2.21. The van der Waals surface area contributed by atoms with Crippen LogP contribution in [0, 0.1) is 0 Å². The Hall–Kier alpha value is -2.14. The van der Waals surface area contributed by atoms with Crippen molar-refractivity contribution in [3.05, 3.63) is 41.3 Å². The van der Waals surface area contributed by atoms with Gasteiger partial charge in [0.1, 0.15) is 0 Å². The normalized spacial score (nSPS) is 14.4. The third-order valence-corrected chi connectivity index (χ3v) is 4.24. The fourth-order valence-electron chi connectivity index (χ4n) is 2.56. The van der Waals surface area contributed by atoms with Crippen LogP contribution >= 0.6 is 11.3 Å². The summed E-state index contributed by atoms with van der Waals surface area (Å²) in [6, 6.07) is 9.80. The van der Waals surface area contributed by atoms with Crippen molar-refractivity contribution in [1.29, 1.82) is 0 Å². The summed E-state index contributed by atoms with van der Waals surface area (Å²) < 4.78 is 2.15. The topological polar surface area (TPSA) is 46.9 Å². The van der Waals surface area contributed by atoms with Crippen molar-refractivity contribution in [3.63, 3.8) is 0 Å². The number of rotatable bonds is 1. The van der Waals surface area contributed by atoms with Crippen molar-refractivity contribution in [2.75, 3.05) is 6.54 Å². The van der Waals surface area contributed by atoms with Crippen LogP contribution in [0.3, 0.4) is 0 Å². The molecular formula is C14H11N3OS. The molecule has 5 heteroatoms. The van der Waals surface area contributed by atoms with Crippen molar-refractivity contribution < 1.29 is 4.79 Å². The number of amides is 1. The predicted octanol–water partition coefficient (Wildman–Crippen LogP) is 2.51. The van der Waals surface area contributed by atoms with E-state index in [1.54, 1.807) is 11.3 Å². The molecule has 1 amide bonds. The quantitative estimate of drug-likeness (QED) is 0.738. The monoisotopic (exact) mass is 269 g/mol. The lowest BCUT2D eigenvalue weighted by molar-refractivity contribution is 0.0956. The maximum Gasteiger partial charge on any atom is 0.253 e. The third kappa shape index (κ3) is 1.51. The van der Waals surface area contributed by atoms with E-state index in [2.05, 4.69) is 16.0 Å². The zero-order valence-corrected chi connectivity index (χ0v) is 10.9. The van der Waals surface area contributed by atoms with Gasteiger partial charge in [-0.05, 0) is 23.6 Å². The first-order valence-electron chi connectivity index (χ1n) is 6.16. The number of imidazole rings is 1. The van der Waals surface area contributed by atoms with Crippen molar-refractivity contribution in [2.24, 2.45) is 0 Å². The molecule has 2 aromatic heterocycles. The summed E-state index contributed by atoms with van der Waals surface area (Å²) >= 11 is 1.67. The average Bonchev–Trinajstić information content (AvgIpc) is 3.01. The number of nitrogens with zero attached hydrogens (tertiary/aromatic N) is 2. The third-order valence-electron chi connectivity index (χ3n) is 3.37. The van der Waals surface area contributed by atoms with Gasteiger partial charge >= 0.3 is 0 Å². The highest BCUT2D eigenvalue weighted by molar-refractivity contribution is 7.13. The first kappa shape index (κ1) is 10.8.